The van der Waals surface area contributed by atoms with E-state index in [1.807, 2.05) is 0 Å². The van der Waals surface area contributed by atoms with Gasteiger partial charge in [0.15, 0.2) is 16.8 Å². The summed E-state index contributed by atoms with van der Waals surface area (Å²) in [5.41, 5.74) is 10.9. The van der Waals surface area contributed by atoms with Crippen molar-refractivity contribution in [2.45, 2.75) is 19.1 Å². The van der Waals surface area contributed by atoms with Crippen LogP contribution in [0.1, 0.15) is 18.7 Å². The Morgan fingerprint density at radius 1 is 1.47 bits per heavy atom. The van der Waals surface area contributed by atoms with Crippen molar-refractivity contribution in [2.75, 3.05) is 17.2 Å². The molecule has 0 aliphatic rings. The van der Waals surface area contributed by atoms with Gasteiger partial charge in [0.1, 0.15) is 6.10 Å². The molecule has 17 heavy (non-hydrogen) atoms. The third kappa shape index (κ3) is 3.84. The number of aromatic nitrogens is 2. The van der Waals surface area contributed by atoms with Crippen LogP contribution in [-0.2, 0) is 4.79 Å². The molecule has 0 radical (unpaired) electrons. The minimum atomic E-state index is -1.25. The van der Waals surface area contributed by atoms with Crippen molar-refractivity contribution >= 4 is 28.5 Å². The second-order valence-corrected chi connectivity index (χ2v) is 4.58. The summed E-state index contributed by atoms with van der Waals surface area (Å²) in [6.45, 7) is 1.38. The average molecular weight is 258 g/mol. The molecule has 1 rings (SSSR count). The molecular formula is C9H14N4O3S. The maximum atomic E-state index is 10.7. The van der Waals surface area contributed by atoms with Gasteiger partial charge in [-0.1, -0.05) is 11.8 Å². The molecule has 1 heterocycles. The first kappa shape index (κ1) is 13.7. The van der Waals surface area contributed by atoms with Gasteiger partial charge in [-0.15, -0.1) is 0 Å². The largest absolute Gasteiger partial charge is 0.389 e. The van der Waals surface area contributed by atoms with Crippen LogP contribution in [-0.4, -0.2) is 37.2 Å². The lowest BCUT2D eigenvalue weighted by Crippen LogP contribution is -2.23. The van der Waals surface area contributed by atoms with Crippen LogP contribution in [0.2, 0.25) is 0 Å². The number of nitrogens with zero attached hydrogens (tertiary/aromatic N) is 2. The van der Waals surface area contributed by atoms with Gasteiger partial charge in [0.25, 0.3) is 0 Å². The van der Waals surface area contributed by atoms with Crippen molar-refractivity contribution in [1.82, 2.24) is 9.97 Å². The topological polar surface area (TPSA) is 135 Å². The molecule has 94 valence electrons. The van der Waals surface area contributed by atoms with Crippen LogP contribution in [0, 0.1) is 0 Å². The van der Waals surface area contributed by atoms with Crippen molar-refractivity contribution in [2.24, 2.45) is 0 Å². The molecule has 7 nitrogen and oxygen atoms in total. The van der Waals surface area contributed by atoms with Gasteiger partial charge < -0.3 is 21.7 Å². The van der Waals surface area contributed by atoms with E-state index in [2.05, 4.69) is 9.97 Å². The number of carbonyl (C=O) groups is 1. The predicted octanol–water partition coefficient (Wildman–Crippen LogP) is -0.685. The molecule has 0 amide bonds. The van der Waals surface area contributed by atoms with Crippen molar-refractivity contribution in [3.8, 4) is 0 Å². The summed E-state index contributed by atoms with van der Waals surface area (Å²) in [4.78, 5) is 18.2. The molecule has 0 bridgehead atoms. The second kappa shape index (κ2) is 5.80. The maximum absolute atomic E-state index is 10.7. The summed E-state index contributed by atoms with van der Waals surface area (Å²) in [7, 11) is 0. The van der Waals surface area contributed by atoms with Gasteiger partial charge in [-0.25, -0.2) is 9.97 Å². The monoisotopic (exact) mass is 258 g/mol. The van der Waals surface area contributed by atoms with E-state index in [1.165, 1.54) is 13.1 Å². The number of hydrogen-bond donors (Lipinski definition) is 4. The zero-order chi connectivity index (χ0) is 13.0. The standard InChI is InChI=1S/C9H14N4O3S/c1-4(14)17-3-6(15)7(16)5-2-12-8(10)9(11)13-5/h2,6-7,15-16H,3H2,1H3,(H2,10,12)(H2,11,13). The van der Waals surface area contributed by atoms with Crippen molar-refractivity contribution in [3.63, 3.8) is 0 Å². The molecule has 1 aromatic rings. The molecule has 0 aliphatic heterocycles. The van der Waals surface area contributed by atoms with E-state index in [9.17, 15) is 15.0 Å². The van der Waals surface area contributed by atoms with Crippen molar-refractivity contribution < 1.29 is 15.0 Å². The summed E-state index contributed by atoms with van der Waals surface area (Å²) in [6.07, 6.45) is -1.14. The van der Waals surface area contributed by atoms with Crippen LogP contribution in [0.25, 0.3) is 0 Å². The van der Waals surface area contributed by atoms with E-state index in [0.717, 1.165) is 11.8 Å². The first-order valence-electron chi connectivity index (χ1n) is 4.79. The number of rotatable bonds is 4. The summed E-state index contributed by atoms with van der Waals surface area (Å²) < 4.78 is 0. The van der Waals surface area contributed by atoms with Crippen LogP contribution < -0.4 is 11.5 Å². The second-order valence-electron chi connectivity index (χ2n) is 3.38. The smallest absolute Gasteiger partial charge is 0.185 e. The van der Waals surface area contributed by atoms with Crippen LogP contribution >= 0.6 is 11.8 Å². The van der Waals surface area contributed by atoms with Gasteiger partial charge in [0, 0.05) is 12.7 Å². The first-order chi connectivity index (χ1) is 7.91. The highest BCUT2D eigenvalue weighted by Crippen LogP contribution is 2.20. The molecule has 1 aromatic heterocycles. The molecule has 2 atom stereocenters. The zero-order valence-corrected chi connectivity index (χ0v) is 10.0. The fourth-order valence-corrected chi connectivity index (χ4v) is 1.65. The SMILES string of the molecule is CC(=O)SCC(O)C(O)c1cnc(N)c(N)n1. The normalized spacial score (nSPS) is 14.3. The van der Waals surface area contributed by atoms with E-state index in [-0.39, 0.29) is 28.2 Å². The number of hydrogen-bond acceptors (Lipinski definition) is 8. The fraction of sp³-hybridized carbons (Fsp3) is 0.444. The Balaban J connectivity index is 2.70. The maximum Gasteiger partial charge on any atom is 0.185 e. The van der Waals surface area contributed by atoms with Gasteiger partial charge in [-0.3, -0.25) is 4.79 Å². The van der Waals surface area contributed by atoms with E-state index < -0.39 is 12.2 Å². The minimum absolute atomic E-state index is 0.00651. The lowest BCUT2D eigenvalue weighted by atomic mass is 10.2. The van der Waals surface area contributed by atoms with E-state index in [0.29, 0.717) is 0 Å². The highest BCUT2D eigenvalue weighted by Gasteiger charge is 2.21. The molecule has 0 spiro atoms. The van der Waals surface area contributed by atoms with Crippen LogP contribution in [0.4, 0.5) is 11.6 Å². The Bertz CT molecular complexity index is 415. The molecule has 0 saturated heterocycles. The lowest BCUT2D eigenvalue weighted by molar-refractivity contribution is -0.109. The third-order valence-electron chi connectivity index (χ3n) is 1.97. The van der Waals surface area contributed by atoms with E-state index in [1.54, 1.807) is 0 Å². The summed E-state index contributed by atoms with van der Waals surface area (Å²) >= 11 is 0.917. The van der Waals surface area contributed by atoms with Crippen LogP contribution in [0.15, 0.2) is 6.20 Å². The van der Waals surface area contributed by atoms with E-state index in [4.69, 9.17) is 11.5 Å². The number of nitrogen functional groups attached to an aromatic ring is 2. The Morgan fingerprint density at radius 3 is 2.65 bits per heavy atom. The van der Waals surface area contributed by atoms with Crippen molar-refractivity contribution in [3.05, 3.63) is 11.9 Å². The van der Waals surface area contributed by atoms with Gasteiger partial charge in [-0.05, 0) is 0 Å². The first-order valence-corrected chi connectivity index (χ1v) is 5.77. The molecule has 0 aromatic carbocycles. The molecule has 8 heteroatoms. The molecular weight excluding hydrogens is 244 g/mol. The van der Waals surface area contributed by atoms with Gasteiger partial charge >= 0.3 is 0 Å². The molecule has 0 aliphatic carbocycles. The Kier molecular flexibility index (Phi) is 4.67. The van der Waals surface area contributed by atoms with Crippen LogP contribution in [0.5, 0.6) is 0 Å². The zero-order valence-electron chi connectivity index (χ0n) is 9.20. The van der Waals surface area contributed by atoms with Crippen LogP contribution in [0.3, 0.4) is 0 Å². The minimum Gasteiger partial charge on any atom is -0.389 e. The molecule has 0 saturated carbocycles. The number of thioether (sulfide) groups is 1. The number of aliphatic hydroxyl groups excluding tert-OH is 2. The number of aliphatic hydroxyl groups is 2. The van der Waals surface area contributed by atoms with Gasteiger partial charge in [-0.2, -0.15) is 0 Å². The predicted molar refractivity (Wildman–Crippen MR) is 65.0 cm³/mol. The van der Waals surface area contributed by atoms with Gasteiger partial charge in [0.05, 0.1) is 18.0 Å². The number of anilines is 2. The number of carbonyl (C=O) groups excluding carboxylic acids is 1. The van der Waals surface area contributed by atoms with Gasteiger partial charge in [0.2, 0.25) is 0 Å². The van der Waals surface area contributed by atoms with Crippen molar-refractivity contribution in [1.29, 1.82) is 0 Å². The Labute approximate surface area is 102 Å². The number of nitrogens with two attached hydrogens (primary N) is 2. The molecule has 2 unspecified atom stereocenters. The fourth-order valence-electron chi connectivity index (χ4n) is 1.06. The highest BCUT2D eigenvalue weighted by molar-refractivity contribution is 8.13. The third-order valence-corrected chi connectivity index (χ3v) is 2.89. The lowest BCUT2D eigenvalue weighted by Gasteiger charge is -2.16. The molecule has 0 fully saturated rings. The molecule has 6 N–H and O–H groups in total. The Hall–Kier alpha value is -1.38. The summed E-state index contributed by atoms with van der Waals surface area (Å²) in [5, 5.41) is 19.2. The summed E-state index contributed by atoms with van der Waals surface area (Å²) in [6, 6.07) is 0. The highest BCUT2D eigenvalue weighted by atomic mass is 32.2. The average Bonchev–Trinajstić information content (AvgIpc) is 2.28. The summed E-state index contributed by atoms with van der Waals surface area (Å²) in [5.74, 6) is 0.129. The van der Waals surface area contributed by atoms with E-state index >= 15 is 0 Å². The quantitative estimate of drug-likeness (QED) is 0.557. The Morgan fingerprint density at radius 2 is 2.12 bits per heavy atom.